The maximum absolute atomic E-state index is 12.6. The molecule has 0 fully saturated rings. The van der Waals surface area contributed by atoms with Crippen molar-refractivity contribution in [2.45, 2.75) is 0 Å². The highest BCUT2D eigenvalue weighted by Crippen LogP contribution is 2.36. The van der Waals surface area contributed by atoms with E-state index < -0.39 is 0 Å². The average Bonchev–Trinajstić information content (AvgIpc) is 3.14. The monoisotopic (exact) mass is 403 g/mol. The summed E-state index contributed by atoms with van der Waals surface area (Å²) in [6, 6.07) is 16.8. The van der Waals surface area contributed by atoms with E-state index in [1.165, 1.54) is 6.08 Å². The number of ether oxygens (including phenoxy) is 3. The van der Waals surface area contributed by atoms with Crippen molar-refractivity contribution in [1.82, 2.24) is 0 Å². The van der Waals surface area contributed by atoms with Gasteiger partial charge in [-0.3, -0.25) is 4.79 Å². The maximum atomic E-state index is 12.6. The van der Waals surface area contributed by atoms with Crippen LogP contribution in [0.5, 0.6) is 17.2 Å². The predicted octanol–water partition coefficient (Wildman–Crippen LogP) is 5.26. The van der Waals surface area contributed by atoms with Crippen molar-refractivity contribution in [3.63, 3.8) is 0 Å². The molecule has 4 rings (SSSR count). The van der Waals surface area contributed by atoms with Gasteiger partial charge in [0.25, 0.3) is 0 Å². The van der Waals surface area contributed by atoms with E-state index in [9.17, 15) is 4.79 Å². The third-order valence-electron chi connectivity index (χ3n) is 4.81. The summed E-state index contributed by atoms with van der Waals surface area (Å²) in [5, 5.41) is 4.77. The Hall–Kier alpha value is -3.93. The fraction of sp³-hybridized carbons (Fsp3) is 0.125. The lowest BCUT2D eigenvalue weighted by Crippen LogP contribution is -2.09. The van der Waals surface area contributed by atoms with E-state index in [-0.39, 0.29) is 5.91 Å². The molecule has 0 aliphatic heterocycles. The average molecular weight is 403 g/mol. The number of para-hydroxylation sites is 1. The number of rotatable bonds is 6. The van der Waals surface area contributed by atoms with Gasteiger partial charge in [-0.15, -0.1) is 0 Å². The van der Waals surface area contributed by atoms with Crippen LogP contribution in [0.3, 0.4) is 0 Å². The van der Waals surface area contributed by atoms with Gasteiger partial charge in [-0.2, -0.15) is 0 Å². The van der Waals surface area contributed by atoms with Crippen molar-refractivity contribution >= 4 is 39.6 Å². The van der Waals surface area contributed by atoms with Gasteiger partial charge in [0.15, 0.2) is 0 Å². The molecule has 0 atom stereocenters. The summed E-state index contributed by atoms with van der Waals surface area (Å²) in [6.07, 6.45) is 3.10. The molecule has 1 aromatic heterocycles. The first kappa shape index (κ1) is 19.4. The lowest BCUT2D eigenvalue weighted by atomic mass is 10.1. The number of furan rings is 1. The molecule has 4 aromatic rings. The van der Waals surface area contributed by atoms with E-state index in [0.717, 1.165) is 21.9 Å². The molecule has 0 aliphatic rings. The molecule has 0 bridgehead atoms. The largest absolute Gasteiger partial charge is 0.497 e. The van der Waals surface area contributed by atoms with E-state index in [0.29, 0.717) is 28.5 Å². The Bertz CT molecular complexity index is 1260. The highest BCUT2D eigenvalue weighted by Gasteiger charge is 2.13. The molecule has 0 spiro atoms. The maximum Gasteiger partial charge on any atom is 0.248 e. The van der Waals surface area contributed by atoms with Gasteiger partial charge in [-0.05, 0) is 36.4 Å². The Morgan fingerprint density at radius 3 is 2.43 bits per heavy atom. The summed E-state index contributed by atoms with van der Waals surface area (Å²) in [5.74, 6) is 1.55. The number of carbonyl (C=O) groups excluding carboxylic acids is 1. The molecular formula is C24H21NO5. The topological polar surface area (TPSA) is 69.9 Å². The van der Waals surface area contributed by atoms with Crippen molar-refractivity contribution in [2.24, 2.45) is 0 Å². The minimum Gasteiger partial charge on any atom is -0.497 e. The number of methoxy groups -OCH3 is 3. The number of carbonyl (C=O) groups is 1. The number of hydrogen-bond acceptors (Lipinski definition) is 5. The number of amides is 1. The number of fused-ring (bicyclic) bond motifs is 3. The Morgan fingerprint density at radius 1 is 0.867 bits per heavy atom. The molecule has 0 aliphatic carbocycles. The molecule has 0 unspecified atom stereocenters. The Labute approximate surface area is 173 Å². The summed E-state index contributed by atoms with van der Waals surface area (Å²) in [4.78, 5) is 12.6. The smallest absolute Gasteiger partial charge is 0.248 e. The van der Waals surface area contributed by atoms with Gasteiger partial charge in [-0.25, -0.2) is 0 Å². The van der Waals surface area contributed by atoms with Crippen LogP contribution in [0, 0.1) is 0 Å². The van der Waals surface area contributed by atoms with Crippen molar-refractivity contribution in [3.8, 4) is 17.2 Å². The van der Waals surface area contributed by atoms with Crippen molar-refractivity contribution < 1.29 is 23.4 Å². The van der Waals surface area contributed by atoms with E-state index in [2.05, 4.69) is 5.32 Å². The molecule has 1 heterocycles. The third-order valence-corrected chi connectivity index (χ3v) is 4.81. The summed E-state index contributed by atoms with van der Waals surface area (Å²) >= 11 is 0. The minimum atomic E-state index is -0.311. The van der Waals surface area contributed by atoms with Crippen molar-refractivity contribution in [3.05, 3.63) is 66.2 Å². The van der Waals surface area contributed by atoms with Crippen molar-refractivity contribution in [2.75, 3.05) is 26.6 Å². The van der Waals surface area contributed by atoms with E-state index in [1.54, 1.807) is 51.7 Å². The lowest BCUT2D eigenvalue weighted by molar-refractivity contribution is -0.111. The van der Waals surface area contributed by atoms with Crippen LogP contribution in [0.2, 0.25) is 0 Å². The van der Waals surface area contributed by atoms with Crippen molar-refractivity contribution in [1.29, 1.82) is 0 Å². The number of nitrogens with one attached hydrogen (secondary N) is 1. The first-order valence-corrected chi connectivity index (χ1v) is 9.33. The molecule has 6 heteroatoms. The van der Waals surface area contributed by atoms with Gasteiger partial charge >= 0.3 is 0 Å². The zero-order chi connectivity index (χ0) is 21.1. The highest BCUT2D eigenvalue weighted by molar-refractivity contribution is 6.09. The number of benzene rings is 3. The fourth-order valence-electron chi connectivity index (χ4n) is 3.33. The van der Waals surface area contributed by atoms with Crippen LogP contribution in [-0.2, 0) is 4.79 Å². The summed E-state index contributed by atoms with van der Waals surface area (Å²) < 4.78 is 22.0. The van der Waals surface area contributed by atoms with E-state index in [4.69, 9.17) is 18.6 Å². The zero-order valence-corrected chi connectivity index (χ0v) is 16.9. The first-order valence-electron chi connectivity index (χ1n) is 9.33. The quantitative estimate of drug-likeness (QED) is 0.445. The molecule has 3 aromatic carbocycles. The second-order valence-electron chi connectivity index (χ2n) is 6.58. The summed E-state index contributed by atoms with van der Waals surface area (Å²) in [6.45, 7) is 0. The van der Waals surface area contributed by atoms with Gasteiger partial charge < -0.3 is 23.9 Å². The van der Waals surface area contributed by atoms with Crippen LogP contribution in [-0.4, -0.2) is 27.2 Å². The molecule has 30 heavy (non-hydrogen) atoms. The van der Waals surface area contributed by atoms with Gasteiger partial charge in [0.05, 0.1) is 27.0 Å². The second kappa shape index (κ2) is 8.21. The fourth-order valence-corrected chi connectivity index (χ4v) is 3.33. The van der Waals surface area contributed by atoms with Gasteiger partial charge in [0.2, 0.25) is 5.91 Å². The van der Waals surface area contributed by atoms with E-state index in [1.807, 2.05) is 30.3 Å². The van der Waals surface area contributed by atoms with Gasteiger partial charge in [-0.1, -0.05) is 18.2 Å². The van der Waals surface area contributed by atoms with Crippen LogP contribution >= 0.6 is 0 Å². The molecule has 1 amide bonds. The van der Waals surface area contributed by atoms with Gasteiger partial charge in [0, 0.05) is 28.5 Å². The van der Waals surface area contributed by atoms with Crippen LogP contribution in [0.1, 0.15) is 5.56 Å². The molecular weight excluding hydrogens is 382 g/mol. The Kier molecular flexibility index (Phi) is 5.30. The molecule has 0 radical (unpaired) electrons. The molecule has 0 saturated carbocycles. The SMILES string of the molecule is COc1ccc(OC)c(/C=C/C(=O)Nc2cc3oc4ccccc4c3cc2OC)c1. The van der Waals surface area contributed by atoms with Crippen LogP contribution in [0.25, 0.3) is 28.0 Å². The number of anilines is 1. The van der Waals surface area contributed by atoms with Crippen LogP contribution in [0.4, 0.5) is 5.69 Å². The number of hydrogen-bond donors (Lipinski definition) is 1. The minimum absolute atomic E-state index is 0.311. The molecule has 152 valence electrons. The molecule has 0 saturated heterocycles. The molecule has 1 N–H and O–H groups in total. The normalized spacial score (nSPS) is 11.2. The standard InChI is InChI=1S/C24H21NO5/c1-27-16-9-10-20(28-2)15(12-16)8-11-24(26)25-19-14-22-18(13-23(19)29-3)17-6-4-5-7-21(17)30-22/h4-14H,1-3H3,(H,25,26)/b11-8+. The highest BCUT2D eigenvalue weighted by atomic mass is 16.5. The third kappa shape index (κ3) is 3.67. The van der Waals surface area contributed by atoms with Crippen LogP contribution < -0.4 is 19.5 Å². The van der Waals surface area contributed by atoms with E-state index >= 15 is 0 Å². The summed E-state index contributed by atoms with van der Waals surface area (Å²) in [5.41, 5.74) is 2.71. The molecule has 6 nitrogen and oxygen atoms in total. The Morgan fingerprint density at radius 2 is 1.67 bits per heavy atom. The van der Waals surface area contributed by atoms with Gasteiger partial charge in [0.1, 0.15) is 28.4 Å². The predicted molar refractivity (Wildman–Crippen MR) is 117 cm³/mol. The zero-order valence-electron chi connectivity index (χ0n) is 16.9. The van der Waals surface area contributed by atoms with Crippen LogP contribution in [0.15, 0.2) is 65.1 Å². The Balaban J connectivity index is 1.63. The lowest BCUT2D eigenvalue weighted by Gasteiger charge is -2.09. The summed E-state index contributed by atoms with van der Waals surface area (Å²) in [7, 11) is 4.73. The second-order valence-corrected chi connectivity index (χ2v) is 6.58. The first-order chi connectivity index (χ1) is 14.6.